The van der Waals surface area contributed by atoms with E-state index in [2.05, 4.69) is 39.8 Å². The fourth-order valence-corrected chi connectivity index (χ4v) is 3.87. The highest BCUT2D eigenvalue weighted by atomic mass is 16.1. The van der Waals surface area contributed by atoms with Gasteiger partial charge in [0.1, 0.15) is 5.78 Å². The van der Waals surface area contributed by atoms with Crippen LogP contribution in [-0.4, -0.2) is 31.3 Å². The van der Waals surface area contributed by atoms with Crippen molar-refractivity contribution in [2.45, 2.75) is 27.2 Å². The fraction of sp³-hybridized carbons (Fsp3) is 0.923. The Bertz CT molecular complexity index is 282. The van der Waals surface area contributed by atoms with Gasteiger partial charge < -0.3 is 4.90 Å². The van der Waals surface area contributed by atoms with E-state index in [1.54, 1.807) is 0 Å². The van der Waals surface area contributed by atoms with Crippen LogP contribution in [0.15, 0.2) is 0 Å². The molecule has 0 amide bonds. The maximum atomic E-state index is 12.2. The minimum atomic E-state index is 0.287. The Morgan fingerprint density at radius 1 is 1.33 bits per heavy atom. The van der Waals surface area contributed by atoms with Crippen LogP contribution in [0.5, 0.6) is 0 Å². The number of hydrogen-bond donors (Lipinski definition) is 0. The first kappa shape index (κ1) is 11.1. The van der Waals surface area contributed by atoms with Crippen LogP contribution < -0.4 is 0 Å². The van der Waals surface area contributed by atoms with Crippen molar-refractivity contribution in [2.24, 2.45) is 29.1 Å². The molecule has 0 spiro atoms. The van der Waals surface area contributed by atoms with E-state index in [0.29, 0.717) is 23.0 Å². The van der Waals surface area contributed by atoms with Crippen molar-refractivity contribution >= 4 is 5.78 Å². The maximum absolute atomic E-state index is 12.2. The number of carbonyl (C=O) groups is 1. The maximum Gasteiger partial charge on any atom is 0.140 e. The fourth-order valence-electron chi connectivity index (χ4n) is 3.87. The zero-order valence-corrected chi connectivity index (χ0v) is 10.6. The molecule has 86 valence electrons. The zero-order chi connectivity index (χ0) is 11.4. The lowest BCUT2D eigenvalue weighted by molar-refractivity contribution is -0.169. The zero-order valence-electron chi connectivity index (χ0n) is 10.6. The highest BCUT2D eigenvalue weighted by Crippen LogP contribution is 2.62. The third-order valence-corrected chi connectivity index (χ3v) is 4.88. The molecule has 15 heavy (non-hydrogen) atoms. The van der Waals surface area contributed by atoms with E-state index in [-0.39, 0.29) is 11.8 Å². The molecule has 3 rings (SSSR count). The van der Waals surface area contributed by atoms with Crippen molar-refractivity contribution in [2.75, 3.05) is 20.6 Å². The van der Waals surface area contributed by atoms with Gasteiger partial charge in [-0.15, -0.1) is 0 Å². The van der Waals surface area contributed by atoms with Gasteiger partial charge >= 0.3 is 0 Å². The highest BCUT2D eigenvalue weighted by Gasteiger charge is 2.60. The molecule has 0 aromatic heterocycles. The first-order valence-electron chi connectivity index (χ1n) is 6.04. The van der Waals surface area contributed by atoms with Gasteiger partial charge in [-0.25, -0.2) is 0 Å². The molecular formula is C13H23NO. The molecule has 0 radical (unpaired) electrons. The molecule has 0 aliphatic heterocycles. The van der Waals surface area contributed by atoms with E-state index in [9.17, 15) is 4.79 Å². The Hall–Kier alpha value is -0.370. The van der Waals surface area contributed by atoms with E-state index in [1.807, 2.05) is 0 Å². The van der Waals surface area contributed by atoms with Crippen LogP contribution in [0.1, 0.15) is 27.2 Å². The number of Topliss-reactive ketones (excluding diaryl/α,β-unsaturated/α-hetero) is 1. The number of fused-ring (bicyclic) bond motifs is 2. The topological polar surface area (TPSA) is 20.3 Å². The predicted molar refractivity (Wildman–Crippen MR) is 61.6 cm³/mol. The molecule has 3 aliphatic carbocycles. The summed E-state index contributed by atoms with van der Waals surface area (Å²) in [6, 6.07) is 0. The van der Waals surface area contributed by atoms with Crippen LogP contribution in [0.25, 0.3) is 0 Å². The summed E-state index contributed by atoms with van der Waals surface area (Å²) in [4.78, 5) is 14.3. The molecule has 0 saturated heterocycles. The van der Waals surface area contributed by atoms with Crippen molar-refractivity contribution in [3.05, 3.63) is 0 Å². The minimum Gasteiger partial charge on any atom is -0.309 e. The first-order valence-corrected chi connectivity index (χ1v) is 6.04. The van der Waals surface area contributed by atoms with E-state index in [1.165, 1.54) is 6.42 Å². The molecule has 3 saturated carbocycles. The quantitative estimate of drug-likeness (QED) is 0.693. The third kappa shape index (κ3) is 1.45. The largest absolute Gasteiger partial charge is 0.309 e. The van der Waals surface area contributed by atoms with Crippen molar-refractivity contribution in [1.82, 2.24) is 4.90 Å². The summed E-state index contributed by atoms with van der Waals surface area (Å²) in [7, 11) is 4.13. The standard InChI is InChI=1S/C13H23NO/c1-8-10-6-11(13(10,2)3)9(12(8)15)7-14(4)5/h8-11H,6-7H2,1-5H3. The second-order valence-electron chi connectivity index (χ2n) is 6.33. The van der Waals surface area contributed by atoms with E-state index in [0.717, 1.165) is 6.54 Å². The minimum absolute atomic E-state index is 0.287. The normalized spacial score (nSPS) is 42.9. The van der Waals surface area contributed by atoms with Gasteiger partial charge in [0, 0.05) is 18.4 Å². The van der Waals surface area contributed by atoms with Gasteiger partial charge in [-0.1, -0.05) is 20.8 Å². The number of hydrogen-bond acceptors (Lipinski definition) is 2. The van der Waals surface area contributed by atoms with Crippen LogP contribution in [0.2, 0.25) is 0 Å². The number of nitrogens with zero attached hydrogens (tertiary/aromatic N) is 1. The van der Waals surface area contributed by atoms with Gasteiger partial charge in [0.25, 0.3) is 0 Å². The molecule has 2 bridgehead atoms. The lowest BCUT2D eigenvalue weighted by atomic mass is 9.42. The summed E-state index contributed by atoms with van der Waals surface area (Å²) in [6.07, 6.45) is 1.28. The molecule has 3 fully saturated rings. The molecule has 0 N–H and O–H groups in total. The average Bonchev–Trinajstić information content (AvgIpc) is 2.10. The lowest BCUT2D eigenvalue weighted by Gasteiger charge is -2.62. The molecule has 0 aromatic carbocycles. The van der Waals surface area contributed by atoms with Crippen molar-refractivity contribution in [3.63, 3.8) is 0 Å². The van der Waals surface area contributed by atoms with Crippen LogP contribution >= 0.6 is 0 Å². The Morgan fingerprint density at radius 3 is 2.40 bits per heavy atom. The summed E-state index contributed by atoms with van der Waals surface area (Å²) in [5, 5.41) is 0. The molecule has 3 aliphatic rings. The lowest BCUT2D eigenvalue weighted by Crippen LogP contribution is -2.61. The molecule has 4 unspecified atom stereocenters. The Balaban J connectivity index is 2.19. The Kier molecular flexibility index (Phi) is 2.45. The van der Waals surface area contributed by atoms with Crippen molar-refractivity contribution in [3.8, 4) is 0 Å². The van der Waals surface area contributed by atoms with Gasteiger partial charge in [0.05, 0.1) is 0 Å². The van der Waals surface area contributed by atoms with Gasteiger partial charge in [-0.2, -0.15) is 0 Å². The number of ketones is 1. The van der Waals surface area contributed by atoms with Crippen LogP contribution in [0.4, 0.5) is 0 Å². The Morgan fingerprint density at radius 2 is 1.93 bits per heavy atom. The van der Waals surface area contributed by atoms with E-state index >= 15 is 0 Å². The summed E-state index contributed by atoms with van der Waals surface area (Å²) in [5.74, 6) is 2.37. The van der Waals surface area contributed by atoms with Crippen molar-refractivity contribution in [1.29, 1.82) is 0 Å². The summed E-state index contributed by atoms with van der Waals surface area (Å²) in [6.45, 7) is 7.76. The molecular weight excluding hydrogens is 186 g/mol. The van der Waals surface area contributed by atoms with Gasteiger partial charge in [-0.3, -0.25) is 4.79 Å². The van der Waals surface area contributed by atoms with Gasteiger partial charge in [0.2, 0.25) is 0 Å². The van der Waals surface area contributed by atoms with E-state index in [4.69, 9.17) is 0 Å². The summed E-state index contributed by atoms with van der Waals surface area (Å²) >= 11 is 0. The molecule has 0 heterocycles. The monoisotopic (exact) mass is 209 g/mol. The highest BCUT2D eigenvalue weighted by molar-refractivity contribution is 5.86. The third-order valence-electron chi connectivity index (χ3n) is 4.88. The molecule has 0 aromatic rings. The number of rotatable bonds is 2. The van der Waals surface area contributed by atoms with Gasteiger partial charge in [0.15, 0.2) is 0 Å². The molecule has 4 atom stereocenters. The smallest absolute Gasteiger partial charge is 0.140 e. The molecule has 2 heteroatoms. The SMILES string of the molecule is CC1C(=O)C(CN(C)C)C2CC1C2(C)C. The van der Waals surface area contributed by atoms with Gasteiger partial charge in [-0.05, 0) is 37.8 Å². The predicted octanol–water partition coefficient (Wildman–Crippen LogP) is 2.05. The van der Waals surface area contributed by atoms with Crippen LogP contribution in [0.3, 0.4) is 0 Å². The first-order chi connectivity index (χ1) is 6.85. The Labute approximate surface area is 93.0 Å². The average molecular weight is 209 g/mol. The van der Waals surface area contributed by atoms with Crippen LogP contribution in [-0.2, 0) is 4.79 Å². The van der Waals surface area contributed by atoms with Crippen molar-refractivity contribution < 1.29 is 4.79 Å². The summed E-state index contributed by atoms with van der Waals surface area (Å²) in [5.41, 5.74) is 0.397. The second-order valence-corrected chi connectivity index (χ2v) is 6.33. The number of carbonyl (C=O) groups excluding carboxylic acids is 1. The summed E-state index contributed by atoms with van der Waals surface area (Å²) < 4.78 is 0. The van der Waals surface area contributed by atoms with E-state index < -0.39 is 0 Å². The molecule has 2 nitrogen and oxygen atoms in total. The second kappa shape index (κ2) is 3.31. The van der Waals surface area contributed by atoms with Crippen LogP contribution in [0, 0.1) is 29.1 Å².